The van der Waals surface area contributed by atoms with Gasteiger partial charge in [0, 0.05) is 51.1 Å². The Morgan fingerprint density at radius 3 is 2.09 bits per heavy atom. The van der Waals surface area contributed by atoms with Gasteiger partial charge < -0.3 is 13.7 Å². The minimum Gasteiger partial charge on any atom is -0.460 e. The van der Waals surface area contributed by atoms with Crippen LogP contribution in [0.3, 0.4) is 0 Å². The molecular weight excluding hydrogens is 659 g/mol. The molecule has 8 aromatic carbocycles. The molecule has 3 nitrogen and oxygen atoms in total. The van der Waals surface area contributed by atoms with E-state index in [1.807, 2.05) is 12.1 Å². The van der Waals surface area contributed by atoms with E-state index >= 15 is 0 Å². The van der Waals surface area contributed by atoms with Crippen LogP contribution in [0.5, 0.6) is 0 Å². The number of benzene rings is 8. The molecule has 0 N–H and O–H groups in total. The molecule has 0 aliphatic heterocycles. The van der Waals surface area contributed by atoms with Crippen molar-refractivity contribution in [2.75, 3.05) is 4.90 Å². The van der Waals surface area contributed by atoms with Gasteiger partial charge in [0.25, 0.3) is 0 Å². The molecule has 0 saturated carbocycles. The second-order valence-corrected chi connectivity index (χ2v) is 14.0. The average molecular weight is 692 g/mol. The molecule has 0 spiro atoms. The van der Waals surface area contributed by atoms with Crippen molar-refractivity contribution in [3.05, 3.63) is 198 Å². The Morgan fingerprint density at radius 1 is 0.444 bits per heavy atom. The van der Waals surface area contributed by atoms with E-state index in [9.17, 15) is 0 Å². The maximum atomic E-state index is 6.62. The Morgan fingerprint density at radius 2 is 1.13 bits per heavy atom. The van der Waals surface area contributed by atoms with Gasteiger partial charge in [-0.05, 0) is 86.4 Å². The number of rotatable bonds is 5. The Kier molecular flexibility index (Phi) is 6.93. The van der Waals surface area contributed by atoms with Crippen molar-refractivity contribution in [2.24, 2.45) is 0 Å². The Labute approximate surface area is 312 Å². The summed E-state index contributed by atoms with van der Waals surface area (Å²) < 4.78 is 13.1. The number of anilines is 3. The standard InChI is InChI=1S/C51H33NO2/c1-2-14-35-31-45-48(29-26-33(35)12-1)53-49-25-11-22-44(51(45)49)41-19-5-7-23-46(41)52(38-27-28-43-42-20-6-8-24-47(42)54-50(43)32-38)37-17-9-16-36(30-37)40-21-10-15-34-13-3-4-18-39(34)40/h1-28,30-32H,29H2. The lowest BCUT2D eigenvalue weighted by Crippen LogP contribution is -2.22. The molecule has 254 valence electrons. The first kappa shape index (κ1) is 30.5. The van der Waals surface area contributed by atoms with Gasteiger partial charge in [0.05, 0.1) is 5.69 Å². The van der Waals surface area contributed by atoms with Crippen LogP contribution in [0.2, 0.25) is 0 Å². The predicted octanol–water partition coefficient (Wildman–Crippen LogP) is 12.5. The predicted molar refractivity (Wildman–Crippen MR) is 224 cm³/mol. The van der Waals surface area contributed by atoms with E-state index in [4.69, 9.17) is 8.83 Å². The second kappa shape index (κ2) is 12.3. The van der Waals surface area contributed by atoms with Gasteiger partial charge in [-0.3, -0.25) is 0 Å². The number of hydrogen-bond acceptors (Lipinski definition) is 3. The maximum Gasteiger partial charge on any atom is 0.137 e. The molecule has 0 fully saturated rings. The molecule has 11 rings (SSSR count). The summed E-state index contributed by atoms with van der Waals surface area (Å²) >= 11 is 0. The summed E-state index contributed by atoms with van der Waals surface area (Å²) in [4.78, 5) is 2.38. The van der Waals surface area contributed by atoms with Crippen molar-refractivity contribution in [2.45, 2.75) is 6.42 Å². The molecule has 1 aliphatic rings. The van der Waals surface area contributed by atoms with Gasteiger partial charge in [0.2, 0.25) is 0 Å². The zero-order chi connectivity index (χ0) is 35.6. The highest BCUT2D eigenvalue weighted by Crippen LogP contribution is 2.46. The number of hydrogen-bond donors (Lipinski definition) is 0. The van der Waals surface area contributed by atoms with Gasteiger partial charge in [-0.1, -0.05) is 133 Å². The lowest BCUT2D eigenvalue weighted by Gasteiger charge is -2.28. The molecule has 0 radical (unpaired) electrons. The van der Waals surface area contributed by atoms with Crippen LogP contribution in [0.15, 0.2) is 185 Å². The van der Waals surface area contributed by atoms with Crippen molar-refractivity contribution in [3.63, 3.8) is 0 Å². The van der Waals surface area contributed by atoms with E-state index < -0.39 is 0 Å². The van der Waals surface area contributed by atoms with Crippen LogP contribution in [0.4, 0.5) is 17.1 Å². The molecule has 0 unspecified atom stereocenters. The van der Waals surface area contributed by atoms with Crippen LogP contribution in [-0.2, 0) is 6.42 Å². The monoisotopic (exact) mass is 691 g/mol. The Hall–Kier alpha value is -7.10. The molecule has 0 bridgehead atoms. The zero-order valence-electron chi connectivity index (χ0n) is 29.4. The van der Waals surface area contributed by atoms with Crippen LogP contribution in [-0.4, -0.2) is 0 Å². The molecular formula is C51H33NO2. The average Bonchev–Trinajstić information content (AvgIpc) is 3.72. The van der Waals surface area contributed by atoms with Gasteiger partial charge in [0.15, 0.2) is 0 Å². The smallest absolute Gasteiger partial charge is 0.137 e. The first-order valence-corrected chi connectivity index (χ1v) is 18.5. The first-order valence-electron chi connectivity index (χ1n) is 18.5. The molecule has 2 heterocycles. The molecule has 54 heavy (non-hydrogen) atoms. The third-order valence-corrected chi connectivity index (χ3v) is 10.9. The summed E-state index contributed by atoms with van der Waals surface area (Å²) in [5.41, 5.74) is 11.5. The summed E-state index contributed by atoms with van der Waals surface area (Å²) in [6.07, 6.45) is 5.31. The second-order valence-electron chi connectivity index (χ2n) is 14.0. The van der Waals surface area contributed by atoms with Gasteiger partial charge in [-0.25, -0.2) is 0 Å². The van der Waals surface area contributed by atoms with E-state index in [0.717, 1.165) is 84.4 Å². The minimum atomic E-state index is 0.739. The Balaban J connectivity index is 1.16. The Bertz CT molecular complexity index is 3210. The van der Waals surface area contributed by atoms with Crippen LogP contribution < -0.4 is 15.3 Å². The molecule has 1 aliphatic carbocycles. The lowest BCUT2D eigenvalue weighted by atomic mass is 9.95. The molecule has 0 atom stereocenters. The maximum absolute atomic E-state index is 6.62. The van der Waals surface area contributed by atoms with Gasteiger partial charge in [-0.15, -0.1) is 0 Å². The highest BCUT2D eigenvalue weighted by atomic mass is 16.3. The molecule has 3 heteroatoms. The summed E-state index contributed by atoms with van der Waals surface area (Å²) in [7, 11) is 0. The van der Waals surface area contributed by atoms with Gasteiger partial charge >= 0.3 is 0 Å². The van der Waals surface area contributed by atoms with Crippen molar-refractivity contribution < 1.29 is 8.83 Å². The van der Waals surface area contributed by atoms with E-state index in [0.29, 0.717) is 0 Å². The number of para-hydroxylation sites is 2. The molecule has 2 aromatic heterocycles. The van der Waals surface area contributed by atoms with Gasteiger partial charge in [-0.2, -0.15) is 0 Å². The fraction of sp³-hybridized carbons (Fsp3) is 0.0196. The number of furan rings is 2. The third kappa shape index (κ3) is 4.90. The fourth-order valence-electron chi connectivity index (χ4n) is 8.40. The van der Waals surface area contributed by atoms with Crippen LogP contribution in [0, 0.1) is 0 Å². The van der Waals surface area contributed by atoms with E-state index in [1.54, 1.807) is 0 Å². The summed E-state index contributed by atoms with van der Waals surface area (Å²) in [5, 5.41) is 8.23. The van der Waals surface area contributed by atoms with E-state index in [-0.39, 0.29) is 0 Å². The van der Waals surface area contributed by atoms with Crippen molar-refractivity contribution in [1.82, 2.24) is 0 Å². The summed E-state index contributed by atoms with van der Waals surface area (Å²) in [5.74, 6) is 0.987. The van der Waals surface area contributed by atoms with Crippen LogP contribution >= 0.6 is 0 Å². The zero-order valence-corrected chi connectivity index (χ0v) is 29.4. The summed E-state index contributed by atoms with van der Waals surface area (Å²) in [6.45, 7) is 0. The highest BCUT2D eigenvalue weighted by Gasteiger charge is 2.23. The SMILES string of the molecule is C1=c2ccccc2=Cc2c(oc3cccc(-c4ccccc4N(c4cccc(-c5cccc6ccccc56)c4)c4ccc5c(c4)oc4ccccc45)c23)C1. The van der Waals surface area contributed by atoms with E-state index in [2.05, 4.69) is 181 Å². The lowest BCUT2D eigenvalue weighted by molar-refractivity contribution is 0.568. The van der Waals surface area contributed by atoms with Crippen molar-refractivity contribution >= 4 is 72.9 Å². The van der Waals surface area contributed by atoms with Crippen LogP contribution in [0.1, 0.15) is 11.3 Å². The van der Waals surface area contributed by atoms with Crippen molar-refractivity contribution in [3.8, 4) is 22.3 Å². The fourth-order valence-corrected chi connectivity index (χ4v) is 8.40. The van der Waals surface area contributed by atoms with Crippen molar-refractivity contribution in [1.29, 1.82) is 0 Å². The largest absolute Gasteiger partial charge is 0.460 e. The normalized spacial score (nSPS) is 12.3. The number of fused-ring (bicyclic) bond motifs is 8. The van der Waals surface area contributed by atoms with Crippen LogP contribution in [0.25, 0.3) is 78.1 Å². The quantitative estimate of drug-likeness (QED) is 0.180. The van der Waals surface area contributed by atoms with E-state index in [1.165, 1.54) is 26.8 Å². The molecule has 0 amide bonds. The third-order valence-electron chi connectivity index (χ3n) is 10.9. The number of nitrogens with zero attached hydrogens (tertiary/aromatic N) is 1. The molecule has 10 aromatic rings. The molecule has 0 saturated heterocycles. The highest BCUT2D eigenvalue weighted by molar-refractivity contribution is 6.08. The minimum absolute atomic E-state index is 0.739. The summed E-state index contributed by atoms with van der Waals surface area (Å²) in [6, 6.07) is 62.7. The topological polar surface area (TPSA) is 29.5 Å². The van der Waals surface area contributed by atoms with Gasteiger partial charge in [0.1, 0.15) is 22.5 Å². The first-order chi connectivity index (χ1) is 26.8.